The molecular weight excluding hydrogens is 354 g/mol. The van der Waals surface area contributed by atoms with Crippen LogP contribution in [0.4, 0.5) is 0 Å². The SMILES string of the molecule is Oc1ccccc1CN(Cc1noc(Cc2ccccc2)n1)CC1CCCO1. The molecule has 2 heterocycles. The number of para-hydroxylation sites is 1. The predicted molar refractivity (Wildman–Crippen MR) is 105 cm³/mol. The lowest BCUT2D eigenvalue weighted by atomic mass is 10.1. The number of aromatic nitrogens is 2. The van der Waals surface area contributed by atoms with E-state index in [4.69, 9.17) is 9.26 Å². The Morgan fingerprint density at radius 3 is 2.64 bits per heavy atom. The molecule has 1 aliphatic heterocycles. The Labute approximate surface area is 164 Å². The average molecular weight is 379 g/mol. The first-order valence-corrected chi connectivity index (χ1v) is 9.72. The fourth-order valence-corrected chi connectivity index (χ4v) is 3.54. The van der Waals surface area contributed by atoms with Crippen LogP contribution < -0.4 is 0 Å². The summed E-state index contributed by atoms with van der Waals surface area (Å²) in [6, 6.07) is 17.5. The Hall–Kier alpha value is -2.70. The lowest BCUT2D eigenvalue weighted by molar-refractivity contribution is 0.0664. The predicted octanol–water partition coefficient (Wildman–Crippen LogP) is 3.55. The summed E-state index contributed by atoms with van der Waals surface area (Å²) >= 11 is 0. The van der Waals surface area contributed by atoms with Gasteiger partial charge in [0.1, 0.15) is 5.75 Å². The quantitative estimate of drug-likeness (QED) is 0.645. The van der Waals surface area contributed by atoms with Crippen LogP contribution in [0.1, 0.15) is 35.7 Å². The van der Waals surface area contributed by atoms with Gasteiger partial charge in [0.2, 0.25) is 5.89 Å². The van der Waals surface area contributed by atoms with E-state index in [0.717, 1.165) is 37.1 Å². The smallest absolute Gasteiger partial charge is 0.231 e. The highest BCUT2D eigenvalue weighted by Crippen LogP contribution is 2.21. The van der Waals surface area contributed by atoms with Crippen LogP contribution in [0.15, 0.2) is 59.1 Å². The molecule has 6 nitrogen and oxygen atoms in total. The summed E-state index contributed by atoms with van der Waals surface area (Å²) in [6.07, 6.45) is 2.99. The zero-order valence-corrected chi connectivity index (χ0v) is 15.8. The van der Waals surface area contributed by atoms with Gasteiger partial charge in [0.05, 0.1) is 19.1 Å². The van der Waals surface area contributed by atoms with Crippen molar-refractivity contribution in [3.8, 4) is 5.75 Å². The molecule has 0 spiro atoms. The summed E-state index contributed by atoms with van der Waals surface area (Å²) in [5.41, 5.74) is 2.02. The van der Waals surface area contributed by atoms with E-state index in [1.165, 1.54) is 0 Å². The summed E-state index contributed by atoms with van der Waals surface area (Å²) in [7, 11) is 0. The number of nitrogens with zero attached hydrogens (tertiary/aromatic N) is 3. The highest BCUT2D eigenvalue weighted by Gasteiger charge is 2.21. The molecule has 1 aliphatic rings. The summed E-state index contributed by atoms with van der Waals surface area (Å²) in [6.45, 7) is 2.75. The number of hydrogen-bond acceptors (Lipinski definition) is 6. The van der Waals surface area contributed by atoms with Crippen LogP contribution in [-0.4, -0.2) is 39.4 Å². The van der Waals surface area contributed by atoms with Gasteiger partial charge in [-0.2, -0.15) is 4.98 Å². The first kappa shape index (κ1) is 18.7. The van der Waals surface area contributed by atoms with Gasteiger partial charge in [-0.05, 0) is 24.5 Å². The third kappa shape index (κ3) is 4.97. The molecule has 6 heteroatoms. The fourth-order valence-electron chi connectivity index (χ4n) is 3.54. The molecule has 0 aliphatic carbocycles. The van der Waals surface area contributed by atoms with Crippen molar-refractivity contribution in [1.29, 1.82) is 0 Å². The number of phenolic OH excluding ortho intramolecular Hbond substituents is 1. The maximum atomic E-state index is 10.1. The Morgan fingerprint density at radius 2 is 1.86 bits per heavy atom. The summed E-state index contributed by atoms with van der Waals surface area (Å²) in [5, 5.41) is 14.3. The van der Waals surface area contributed by atoms with Crippen LogP contribution in [0.25, 0.3) is 0 Å². The van der Waals surface area contributed by atoms with Crippen molar-refractivity contribution in [1.82, 2.24) is 15.0 Å². The van der Waals surface area contributed by atoms with Crippen molar-refractivity contribution in [3.63, 3.8) is 0 Å². The first-order chi connectivity index (χ1) is 13.8. The fraction of sp³-hybridized carbons (Fsp3) is 0.364. The monoisotopic (exact) mass is 379 g/mol. The molecule has 0 amide bonds. The highest BCUT2D eigenvalue weighted by atomic mass is 16.5. The maximum Gasteiger partial charge on any atom is 0.231 e. The maximum absolute atomic E-state index is 10.1. The van der Waals surface area contributed by atoms with Crippen LogP contribution >= 0.6 is 0 Å². The topological polar surface area (TPSA) is 71.6 Å². The normalized spacial score (nSPS) is 16.7. The van der Waals surface area contributed by atoms with E-state index in [1.807, 2.05) is 48.5 Å². The summed E-state index contributed by atoms with van der Waals surface area (Å²) in [5.74, 6) is 1.57. The summed E-state index contributed by atoms with van der Waals surface area (Å²) in [4.78, 5) is 6.77. The van der Waals surface area contributed by atoms with E-state index in [2.05, 4.69) is 15.0 Å². The number of phenols is 1. The number of hydrogen-bond donors (Lipinski definition) is 1. The molecule has 1 N–H and O–H groups in total. The van der Waals surface area contributed by atoms with E-state index in [-0.39, 0.29) is 6.10 Å². The lowest BCUT2D eigenvalue weighted by Gasteiger charge is -2.24. The molecule has 0 saturated carbocycles. The Morgan fingerprint density at radius 1 is 1.04 bits per heavy atom. The van der Waals surface area contributed by atoms with Crippen LogP contribution in [0.2, 0.25) is 0 Å². The van der Waals surface area contributed by atoms with Gasteiger partial charge >= 0.3 is 0 Å². The zero-order valence-electron chi connectivity index (χ0n) is 15.8. The van der Waals surface area contributed by atoms with Gasteiger partial charge in [-0.3, -0.25) is 4.90 Å². The second-order valence-electron chi connectivity index (χ2n) is 7.20. The molecular formula is C22H25N3O3. The Kier molecular flexibility index (Phi) is 5.99. The van der Waals surface area contributed by atoms with E-state index in [1.54, 1.807) is 6.07 Å². The minimum absolute atomic E-state index is 0.210. The second kappa shape index (κ2) is 8.99. The number of ether oxygens (including phenoxy) is 1. The highest BCUT2D eigenvalue weighted by molar-refractivity contribution is 5.31. The number of aromatic hydroxyl groups is 1. The molecule has 1 saturated heterocycles. The van der Waals surface area contributed by atoms with Crippen LogP contribution in [0.3, 0.4) is 0 Å². The van der Waals surface area contributed by atoms with Crippen LogP contribution in [0, 0.1) is 0 Å². The molecule has 1 aromatic heterocycles. The van der Waals surface area contributed by atoms with Gasteiger partial charge in [-0.25, -0.2) is 0 Å². The first-order valence-electron chi connectivity index (χ1n) is 9.72. The molecule has 146 valence electrons. The van der Waals surface area contributed by atoms with E-state index in [0.29, 0.717) is 37.0 Å². The molecule has 1 unspecified atom stereocenters. The third-order valence-corrected chi connectivity index (χ3v) is 4.94. The van der Waals surface area contributed by atoms with Crippen molar-refractivity contribution in [2.45, 2.75) is 38.5 Å². The van der Waals surface area contributed by atoms with Gasteiger partial charge in [-0.15, -0.1) is 0 Å². The second-order valence-corrected chi connectivity index (χ2v) is 7.20. The minimum Gasteiger partial charge on any atom is -0.508 e. The standard InChI is InChI=1S/C22H25N3O3/c26-20-11-5-4-9-18(20)14-25(15-19-10-6-12-27-19)16-21-23-22(28-24-21)13-17-7-2-1-3-8-17/h1-5,7-9,11,19,26H,6,10,12-16H2. The van der Waals surface area contributed by atoms with Crippen molar-refractivity contribution in [3.05, 3.63) is 77.4 Å². The minimum atomic E-state index is 0.210. The third-order valence-electron chi connectivity index (χ3n) is 4.94. The largest absolute Gasteiger partial charge is 0.508 e. The molecule has 0 bridgehead atoms. The van der Waals surface area contributed by atoms with Crippen molar-refractivity contribution in [2.24, 2.45) is 0 Å². The van der Waals surface area contributed by atoms with Gasteiger partial charge in [0, 0.05) is 25.3 Å². The van der Waals surface area contributed by atoms with Crippen molar-refractivity contribution < 1.29 is 14.4 Å². The van der Waals surface area contributed by atoms with Gasteiger partial charge < -0.3 is 14.4 Å². The lowest BCUT2D eigenvalue weighted by Crippen LogP contribution is -2.31. The molecule has 28 heavy (non-hydrogen) atoms. The van der Waals surface area contributed by atoms with E-state index < -0.39 is 0 Å². The molecule has 4 rings (SSSR count). The zero-order chi connectivity index (χ0) is 19.2. The van der Waals surface area contributed by atoms with Gasteiger partial charge in [0.25, 0.3) is 0 Å². The van der Waals surface area contributed by atoms with Gasteiger partial charge in [0.15, 0.2) is 5.82 Å². The Balaban J connectivity index is 1.45. The number of rotatable bonds is 8. The Bertz CT molecular complexity index is 875. The summed E-state index contributed by atoms with van der Waals surface area (Å²) < 4.78 is 11.2. The molecule has 1 fully saturated rings. The van der Waals surface area contributed by atoms with E-state index in [9.17, 15) is 5.11 Å². The molecule has 2 aromatic carbocycles. The molecule has 0 radical (unpaired) electrons. The van der Waals surface area contributed by atoms with Crippen molar-refractivity contribution in [2.75, 3.05) is 13.2 Å². The van der Waals surface area contributed by atoms with Crippen LogP contribution in [0.5, 0.6) is 5.75 Å². The number of benzene rings is 2. The molecule has 3 aromatic rings. The van der Waals surface area contributed by atoms with Crippen LogP contribution in [-0.2, 0) is 24.2 Å². The van der Waals surface area contributed by atoms with Gasteiger partial charge in [-0.1, -0.05) is 53.7 Å². The van der Waals surface area contributed by atoms with E-state index >= 15 is 0 Å². The average Bonchev–Trinajstić information content (AvgIpc) is 3.37. The molecule has 1 atom stereocenters. The van der Waals surface area contributed by atoms with Crippen molar-refractivity contribution >= 4 is 0 Å².